The lowest BCUT2D eigenvalue weighted by Crippen LogP contribution is -2.13. The minimum absolute atomic E-state index is 1.01. The molecule has 0 N–H and O–H groups in total. The van der Waals surface area contributed by atoms with Crippen molar-refractivity contribution < 1.29 is 0 Å². The van der Waals surface area contributed by atoms with Crippen molar-refractivity contribution in [1.29, 1.82) is 0 Å². The van der Waals surface area contributed by atoms with E-state index < -0.39 is 0 Å². The van der Waals surface area contributed by atoms with Gasteiger partial charge in [0.1, 0.15) is 0 Å². The van der Waals surface area contributed by atoms with Crippen molar-refractivity contribution in [3.8, 4) is 0 Å². The molecule has 0 bridgehead atoms. The van der Waals surface area contributed by atoms with E-state index in [1.807, 2.05) is 11.3 Å². The van der Waals surface area contributed by atoms with Gasteiger partial charge in [-0.2, -0.15) is 0 Å². The molecule has 0 saturated carbocycles. The summed E-state index contributed by atoms with van der Waals surface area (Å²) in [5.41, 5.74) is 6.60. The first-order valence-corrected chi connectivity index (χ1v) is 14.8. The summed E-state index contributed by atoms with van der Waals surface area (Å²) in [4.78, 5) is 4.64. The Bertz CT molecular complexity index is 1880. The zero-order chi connectivity index (χ0) is 26.9. The van der Waals surface area contributed by atoms with Crippen molar-refractivity contribution in [1.82, 2.24) is 0 Å². The Morgan fingerprint density at radius 3 is 1.43 bits per heavy atom. The van der Waals surface area contributed by atoms with Gasteiger partial charge < -0.3 is 9.80 Å². The molecule has 0 saturated heterocycles. The average molecular weight is 598 g/mol. The number of rotatable bonds is 6. The van der Waals surface area contributed by atoms with Gasteiger partial charge in [0.25, 0.3) is 0 Å². The summed E-state index contributed by atoms with van der Waals surface area (Å²) in [5.74, 6) is 0. The lowest BCUT2D eigenvalue weighted by Gasteiger charge is -2.29. The summed E-state index contributed by atoms with van der Waals surface area (Å²) < 4.78 is 3.61. The molecule has 0 aliphatic heterocycles. The number of para-hydroxylation sites is 3. The van der Waals surface area contributed by atoms with Gasteiger partial charge in [-0.3, -0.25) is 0 Å². The minimum Gasteiger partial charge on any atom is -0.310 e. The summed E-state index contributed by atoms with van der Waals surface area (Å²) in [6, 6.07) is 53.8. The predicted molar refractivity (Wildman–Crippen MR) is 176 cm³/mol. The van der Waals surface area contributed by atoms with Crippen LogP contribution in [0.1, 0.15) is 0 Å². The number of hydrogen-bond donors (Lipinski definition) is 0. The van der Waals surface area contributed by atoms with Gasteiger partial charge in [-0.1, -0.05) is 94.8 Å². The highest BCUT2D eigenvalue weighted by atomic mass is 79.9. The first kappa shape index (κ1) is 24.6. The number of thiophene rings is 1. The van der Waals surface area contributed by atoms with Crippen molar-refractivity contribution in [2.45, 2.75) is 0 Å². The minimum atomic E-state index is 1.01. The molecule has 2 nitrogen and oxygen atoms in total. The Morgan fingerprint density at radius 1 is 0.375 bits per heavy atom. The molecule has 7 aromatic rings. The maximum absolute atomic E-state index is 3.85. The fourth-order valence-electron chi connectivity index (χ4n) is 5.30. The summed E-state index contributed by atoms with van der Waals surface area (Å²) in [6.07, 6.45) is 0. The number of fused-ring (bicyclic) bond motifs is 3. The summed E-state index contributed by atoms with van der Waals surface area (Å²) in [7, 11) is 0. The van der Waals surface area contributed by atoms with E-state index in [0.29, 0.717) is 0 Å². The Hall–Kier alpha value is -4.38. The molecular weight excluding hydrogens is 572 g/mol. The molecule has 6 aromatic carbocycles. The van der Waals surface area contributed by atoms with Gasteiger partial charge in [-0.15, -0.1) is 11.3 Å². The van der Waals surface area contributed by atoms with Gasteiger partial charge in [0.15, 0.2) is 0 Å². The zero-order valence-corrected chi connectivity index (χ0v) is 24.0. The molecule has 192 valence electrons. The molecule has 0 aliphatic rings. The monoisotopic (exact) mass is 596 g/mol. The van der Waals surface area contributed by atoms with Crippen molar-refractivity contribution in [2.24, 2.45) is 0 Å². The predicted octanol–water partition coefficient (Wildman–Crippen LogP) is 11.8. The third-order valence-corrected chi connectivity index (χ3v) is 8.64. The van der Waals surface area contributed by atoms with Crippen LogP contribution < -0.4 is 9.80 Å². The summed E-state index contributed by atoms with van der Waals surface area (Å²) in [6.45, 7) is 0. The van der Waals surface area contributed by atoms with E-state index in [0.717, 1.165) is 38.6 Å². The van der Waals surface area contributed by atoms with Crippen LogP contribution in [0.25, 0.3) is 20.2 Å². The number of benzene rings is 6. The van der Waals surface area contributed by atoms with E-state index in [1.54, 1.807) is 0 Å². The first-order valence-electron chi connectivity index (χ1n) is 13.2. The highest BCUT2D eigenvalue weighted by molar-refractivity contribution is 9.10. The van der Waals surface area contributed by atoms with Crippen LogP contribution in [0, 0.1) is 0 Å². The molecule has 0 amide bonds. The van der Waals surface area contributed by atoms with Crippen LogP contribution in [0.15, 0.2) is 156 Å². The van der Waals surface area contributed by atoms with Crippen molar-refractivity contribution in [3.63, 3.8) is 0 Å². The smallest absolute Gasteiger partial charge is 0.0493 e. The third-order valence-electron chi connectivity index (χ3n) is 7.05. The van der Waals surface area contributed by atoms with Crippen molar-refractivity contribution in [3.05, 3.63) is 156 Å². The lowest BCUT2D eigenvalue weighted by atomic mass is 10.1. The van der Waals surface area contributed by atoms with Gasteiger partial charge in [0.2, 0.25) is 0 Å². The maximum atomic E-state index is 3.85. The molecule has 0 aliphatic carbocycles. The molecule has 1 heterocycles. The molecule has 0 spiro atoms. The molecule has 0 unspecified atom stereocenters. The molecule has 1 aromatic heterocycles. The second-order valence-corrected chi connectivity index (χ2v) is 11.6. The van der Waals surface area contributed by atoms with Crippen LogP contribution in [0.4, 0.5) is 34.1 Å². The van der Waals surface area contributed by atoms with Crippen LogP contribution in [0.3, 0.4) is 0 Å². The SMILES string of the molecule is Brc1cc(N(c2ccccc2)c2ccccc2)cc(N(c2ccccc2)c2ccc3c(c2)sc2ccccc23)c1. The van der Waals surface area contributed by atoms with Gasteiger partial charge in [0, 0.05) is 58.8 Å². The molecular formula is C36H25BrN2S. The highest BCUT2D eigenvalue weighted by Gasteiger charge is 2.19. The fraction of sp³-hybridized carbons (Fsp3) is 0. The van der Waals surface area contributed by atoms with Gasteiger partial charge in [-0.05, 0) is 72.8 Å². The average Bonchev–Trinajstić information content (AvgIpc) is 3.37. The number of nitrogens with zero attached hydrogens (tertiary/aromatic N) is 2. The van der Waals surface area contributed by atoms with Crippen LogP contribution in [0.5, 0.6) is 0 Å². The number of anilines is 6. The molecule has 0 fully saturated rings. The highest BCUT2D eigenvalue weighted by Crippen LogP contribution is 2.44. The van der Waals surface area contributed by atoms with Crippen molar-refractivity contribution >= 4 is 81.6 Å². The summed E-state index contributed by atoms with van der Waals surface area (Å²) >= 11 is 5.70. The van der Waals surface area contributed by atoms with E-state index in [2.05, 4.69) is 177 Å². The Balaban J connectivity index is 1.42. The van der Waals surface area contributed by atoms with Crippen LogP contribution in [0.2, 0.25) is 0 Å². The van der Waals surface area contributed by atoms with Gasteiger partial charge in [0.05, 0.1) is 0 Å². The van der Waals surface area contributed by atoms with E-state index in [-0.39, 0.29) is 0 Å². The third kappa shape index (κ3) is 4.66. The summed E-state index contributed by atoms with van der Waals surface area (Å²) in [5, 5.41) is 2.61. The number of hydrogen-bond acceptors (Lipinski definition) is 3. The molecule has 40 heavy (non-hydrogen) atoms. The van der Waals surface area contributed by atoms with E-state index in [1.165, 1.54) is 20.2 Å². The van der Waals surface area contributed by atoms with E-state index >= 15 is 0 Å². The first-order chi connectivity index (χ1) is 19.7. The fourth-order valence-corrected chi connectivity index (χ4v) is 6.90. The molecule has 0 radical (unpaired) electrons. The quantitative estimate of drug-likeness (QED) is 0.188. The normalized spacial score (nSPS) is 11.1. The van der Waals surface area contributed by atoms with Crippen LogP contribution in [-0.2, 0) is 0 Å². The zero-order valence-electron chi connectivity index (χ0n) is 21.6. The largest absolute Gasteiger partial charge is 0.310 e. The topological polar surface area (TPSA) is 6.48 Å². The molecule has 0 atom stereocenters. The standard InChI is InChI=1S/C36H25BrN2S/c37-26-22-31(38(27-12-4-1-5-13-27)28-14-6-2-7-15-28)24-32(23-26)39(29-16-8-3-9-17-29)30-20-21-34-33-18-10-11-19-35(33)40-36(34)25-30/h1-25H. The van der Waals surface area contributed by atoms with Crippen molar-refractivity contribution in [2.75, 3.05) is 9.80 Å². The van der Waals surface area contributed by atoms with Crippen LogP contribution in [-0.4, -0.2) is 0 Å². The Morgan fingerprint density at radius 2 is 0.850 bits per heavy atom. The molecule has 7 rings (SSSR count). The van der Waals surface area contributed by atoms with E-state index in [4.69, 9.17) is 0 Å². The second-order valence-electron chi connectivity index (χ2n) is 9.62. The van der Waals surface area contributed by atoms with Gasteiger partial charge >= 0.3 is 0 Å². The lowest BCUT2D eigenvalue weighted by molar-refractivity contribution is 1.25. The van der Waals surface area contributed by atoms with E-state index in [9.17, 15) is 0 Å². The number of halogens is 1. The Labute approximate surface area is 246 Å². The Kier molecular flexibility index (Phi) is 6.56. The second kappa shape index (κ2) is 10.6. The molecule has 4 heteroatoms. The van der Waals surface area contributed by atoms with Gasteiger partial charge in [-0.25, -0.2) is 0 Å². The van der Waals surface area contributed by atoms with Crippen LogP contribution >= 0.6 is 27.3 Å². The maximum Gasteiger partial charge on any atom is 0.0493 e.